The summed E-state index contributed by atoms with van der Waals surface area (Å²) in [5.74, 6) is -0.363. The lowest BCUT2D eigenvalue weighted by molar-refractivity contribution is 0.411. The van der Waals surface area contributed by atoms with Gasteiger partial charge in [-0.2, -0.15) is 0 Å². The second kappa shape index (κ2) is 8.11. The first-order chi connectivity index (χ1) is 17.0. The average Bonchev–Trinajstić information content (AvgIpc) is 3.18. The van der Waals surface area contributed by atoms with E-state index in [1.165, 1.54) is 17.8 Å². The molecule has 3 nitrogen and oxygen atoms in total. The first kappa shape index (κ1) is 18.0. The van der Waals surface area contributed by atoms with Crippen LogP contribution < -0.4 is 0 Å². The molecular formula is C29H27FN2O. The van der Waals surface area contributed by atoms with Gasteiger partial charge in [0.2, 0.25) is 5.71 Å². The van der Waals surface area contributed by atoms with Gasteiger partial charge in [0.1, 0.15) is 11.4 Å². The summed E-state index contributed by atoms with van der Waals surface area (Å²) < 4.78 is 43.7. The van der Waals surface area contributed by atoms with Gasteiger partial charge in [-0.15, -0.1) is 0 Å². The Bertz CT molecular complexity index is 1560. The van der Waals surface area contributed by atoms with Crippen LogP contribution in [0.3, 0.4) is 0 Å². The van der Waals surface area contributed by atoms with Crippen molar-refractivity contribution >= 4 is 22.1 Å². The molecule has 4 heteroatoms. The summed E-state index contributed by atoms with van der Waals surface area (Å²) in [6.45, 7) is 4.30. The van der Waals surface area contributed by atoms with Gasteiger partial charge in [0.05, 0.1) is 11.9 Å². The van der Waals surface area contributed by atoms with Crippen molar-refractivity contribution in [3.8, 4) is 11.3 Å². The summed E-state index contributed by atoms with van der Waals surface area (Å²) in [6.07, 6.45) is 2.66. The zero-order chi connectivity index (χ0) is 25.7. The maximum atomic E-state index is 14.8. The number of furan rings is 1. The van der Waals surface area contributed by atoms with Gasteiger partial charge >= 0.3 is 0 Å². The van der Waals surface area contributed by atoms with E-state index in [0.717, 1.165) is 22.8 Å². The zero-order valence-corrected chi connectivity index (χ0v) is 18.9. The first-order valence-electron chi connectivity index (χ1n) is 12.5. The van der Waals surface area contributed by atoms with Crippen LogP contribution in [0.15, 0.2) is 71.3 Å². The monoisotopic (exact) mass is 441 g/mol. The molecule has 3 heterocycles. The molecule has 33 heavy (non-hydrogen) atoms. The van der Waals surface area contributed by atoms with Crippen LogP contribution in [0.5, 0.6) is 0 Å². The second-order valence-corrected chi connectivity index (χ2v) is 9.73. The van der Waals surface area contributed by atoms with Crippen LogP contribution in [0.1, 0.15) is 47.3 Å². The van der Waals surface area contributed by atoms with E-state index in [0.29, 0.717) is 28.8 Å². The Kier molecular flexibility index (Phi) is 4.41. The Hall–Kier alpha value is -3.53. The van der Waals surface area contributed by atoms with Crippen LogP contribution in [-0.4, -0.2) is 9.97 Å². The largest absolute Gasteiger partial charge is 0.437 e. The highest BCUT2D eigenvalue weighted by Crippen LogP contribution is 2.35. The molecular weight excluding hydrogens is 411 g/mol. The highest BCUT2D eigenvalue weighted by atomic mass is 19.1. The van der Waals surface area contributed by atoms with Gasteiger partial charge in [-0.3, -0.25) is 4.98 Å². The van der Waals surface area contributed by atoms with Crippen LogP contribution in [0.4, 0.5) is 4.39 Å². The lowest BCUT2D eigenvalue weighted by Gasteiger charge is -2.18. The van der Waals surface area contributed by atoms with Crippen molar-refractivity contribution in [2.75, 3.05) is 0 Å². The summed E-state index contributed by atoms with van der Waals surface area (Å²) >= 11 is 0. The van der Waals surface area contributed by atoms with Crippen LogP contribution in [0, 0.1) is 18.1 Å². The second-order valence-electron chi connectivity index (χ2n) is 9.73. The molecule has 5 aromatic rings. The lowest BCUT2D eigenvalue weighted by Crippen LogP contribution is -2.09. The number of fused-ring (bicyclic) bond motifs is 3. The van der Waals surface area contributed by atoms with Crippen molar-refractivity contribution < 1.29 is 12.9 Å². The molecule has 0 aliphatic rings. The average molecular weight is 442 g/mol. The van der Waals surface area contributed by atoms with E-state index in [9.17, 15) is 4.39 Å². The van der Waals surface area contributed by atoms with Gasteiger partial charge in [0.15, 0.2) is 0 Å². The number of hydrogen-bond acceptors (Lipinski definition) is 3. The fourth-order valence-corrected chi connectivity index (χ4v) is 4.25. The molecule has 0 aliphatic carbocycles. The van der Waals surface area contributed by atoms with Gasteiger partial charge in [0.25, 0.3) is 0 Å². The van der Waals surface area contributed by atoms with Crippen molar-refractivity contribution in [1.29, 1.82) is 0 Å². The number of aryl methyl sites for hydroxylation is 1. The third-order valence-electron chi connectivity index (χ3n) is 5.73. The number of benzene rings is 2. The van der Waals surface area contributed by atoms with E-state index in [1.54, 1.807) is 12.1 Å². The van der Waals surface area contributed by atoms with Crippen molar-refractivity contribution in [3.05, 3.63) is 95.1 Å². The first-order valence-corrected chi connectivity index (χ1v) is 11.0. The summed E-state index contributed by atoms with van der Waals surface area (Å²) in [5, 5.41) is 1.52. The Morgan fingerprint density at radius 2 is 1.76 bits per heavy atom. The molecule has 3 aromatic heterocycles. The third kappa shape index (κ3) is 4.38. The van der Waals surface area contributed by atoms with E-state index in [1.807, 2.05) is 18.2 Å². The summed E-state index contributed by atoms with van der Waals surface area (Å²) in [5.41, 5.74) is 5.07. The SMILES string of the molecule is [2H]C([2H])([2H])c1ccc2c(n1)oc1c(-c3cc(Cc4ccc(CC(C)(C)C)cc4)c(F)cn3)cccc12. The molecule has 0 fully saturated rings. The van der Waals surface area contributed by atoms with Crippen LogP contribution in [0.25, 0.3) is 33.3 Å². The van der Waals surface area contributed by atoms with Crippen molar-refractivity contribution in [2.45, 2.75) is 40.5 Å². The highest BCUT2D eigenvalue weighted by Gasteiger charge is 2.16. The number of nitrogens with zero attached hydrogens (tertiary/aromatic N) is 2. The summed E-state index contributed by atoms with van der Waals surface area (Å²) in [4.78, 5) is 8.56. The van der Waals surface area contributed by atoms with Gasteiger partial charge in [0, 0.05) is 32.6 Å². The fraction of sp³-hybridized carbons (Fsp3) is 0.241. The molecule has 2 aromatic carbocycles. The topological polar surface area (TPSA) is 38.9 Å². The number of halogens is 1. The van der Waals surface area contributed by atoms with E-state index in [-0.39, 0.29) is 22.6 Å². The lowest BCUT2D eigenvalue weighted by atomic mass is 9.88. The molecule has 0 radical (unpaired) electrons. The van der Waals surface area contributed by atoms with Gasteiger partial charge in [-0.25, -0.2) is 9.37 Å². The molecule has 0 spiro atoms. The van der Waals surface area contributed by atoms with Crippen molar-refractivity contribution in [3.63, 3.8) is 0 Å². The molecule has 0 unspecified atom stereocenters. The van der Waals surface area contributed by atoms with Crippen LogP contribution >= 0.6 is 0 Å². The minimum atomic E-state index is -2.33. The Morgan fingerprint density at radius 1 is 0.970 bits per heavy atom. The van der Waals surface area contributed by atoms with Gasteiger partial charge in [-0.05, 0) is 59.6 Å². The predicted molar refractivity (Wildman–Crippen MR) is 132 cm³/mol. The van der Waals surface area contributed by atoms with Crippen molar-refractivity contribution in [1.82, 2.24) is 9.97 Å². The smallest absolute Gasteiger partial charge is 0.227 e. The number of pyridine rings is 2. The minimum absolute atomic E-state index is 0.0219. The number of para-hydroxylation sites is 1. The molecule has 0 amide bonds. The molecule has 0 atom stereocenters. The summed E-state index contributed by atoms with van der Waals surface area (Å²) in [7, 11) is 0. The van der Waals surface area contributed by atoms with E-state index in [4.69, 9.17) is 8.53 Å². The molecule has 0 bridgehead atoms. The predicted octanol–water partition coefficient (Wildman–Crippen LogP) is 7.67. The van der Waals surface area contributed by atoms with Gasteiger partial charge < -0.3 is 4.42 Å². The van der Waals surface area contributed by atoms with Gasteiger partial charge in [-0.1, -0.05) is 57.2 Å². The molecule has 0 N–H and O–H groups in total. The van der Waals surface area contributed by atoms with E-state index in [2.05, 4.69) is 55.0 Å². The summed E-state index contributed by atoms with van der Waals surface area (Å²) in [6, 6.07) is 18.9. The molecule has 5 rings (SSSR count). The Labute approximate surface area is 197 Å². The minimum Gasteiger partial charge on any atom is -0.437 e. The Balaban J connectivity index is 1.51. The quantitative estimate of drug-likeness (QED) is 0.287. The number of aromatic nitrogens is 2. The third-order valence-corrected chi connectivity index (χ3v) is 5.73. The van der Waals surface area contributed by atoms with Crippen molar-refractivity contribution in [2.24, 2.45) is 5.41 Å². The molecule has 0 aliphatic heterocycles. The van der Waals surface area contributed by atoms with Crippen LogP contribution in [0.2, 0.25) is 0 Å². The van der Waals surface area contributed by atoms with Crippen LogP contribution in [-0.2, 0) is 12.8 Å². The fourth-order valence-electron chi connectivity index (χ4n) is 4.25. The number of hydrogen-bond donors (Lipinski definition) is 0. The highest BCUT2D eigenvalue weighted by molar-refractivity contribution is 6.08. The van der Waals surface area contributed by atoms with E-state index < -0.39 is 6.85 Å². The molecule has 0 saturated carbocycles. The Morgan fingerprint density at radius 3 is 2.52 bits per heavy atom. The molecule has 166 valence electrons. The standard InChI is InChI=1S/C29H27FN2O/c1-18-8-13-23-22-6-5-7-24(27(22)33-28(23)32-18)26-15-21(25(30)17-31-26)14-19-9-11-20(12-10-19)16-29(2,3)4/h5-13,15,17H,14,16H2,1-4H3/i1D3. The zero-order valence-electron chi connectivity index (χ0n) is 21.9. The maximum absolute atomic E-state index is 14.8. The normalized spacial score (nSPS) is 13.8. The van der Waals surface area contributed by atoms with E-state index >= 15 is 0 Å². The number of rotatable bonds is 4. The molecule has 0 saturated heterocycles. The maximum Gasteiger partial charge on any atom is 0.227 e.